The van der Waals surface area contributed by atoms with Gasteiger partial charge < -0.3 is 4.74 Å². The Morgan fingerprint density at radius 3 is 1.11 bits per heavy atom. The molecule has 0 aliphatic heterocycles. The van der Waals surface area contributed by atoms with Crippen LogP contribution in [0.3, 0.4) is 0 Å². The van der Waals surface area contributed by atoms with Crippen LogP contribution in [0.15, 0.2) is 0 Å². The normalized spacial score (nSPS) is 16.0. The van der Waals surface area contributed by atoms with Crippen molar-refractivity contribution in [3.8, 4) is 0 Å². The van der Waals surface area contributed by atoms with Crippen molar-refractivity contribution in [2.75, 3.05) is 13.2 Å². The average Bonchev–Trinajstić information content (AvgIpc) is 2.62. The second kappa shape index (κ2) is 9.04. The van der Waals surface area contributed by atoms with Crippen LogP contribution in [0.5, 0.6) is 0 Å². The Hall–Kier alpha value is -1.63. The summed E-state index contributed by atoms with van der Waals surface area (Å²) in [5, 5.41) is 0. The first-order valence-electron chi connectivity index (χ1n) is 8.39. The van der Waals surface area contributed by atoms with Crippen LogP contribution in [0.2, 0.25) is 0 Å². The van der Waals surface area contributed by atoms with Crippen molar-refractivity contribution in [3.05, 3.63) is 0 Å². The third-order valence-corrected chi connectivity index (χ3v) is 4.24. The number of carbonyl (C=O) groups excluding carboxylic acids is 1. The third-order valence-electron chi connectivity index (χ3n) is 4.24. The molecule has 0 spiro atoms. The smallest absolute Gasteiger partial charge is 0.373 e. The molecule has 0 heterocycles. The fourth-order valence-electron chi connectivity index (χ4n) is 2.06. The largest absolute Gasteiger partial charge is 0.385 e. The third kappa shape index (κ3) is 4.86. The molecule has 20 heteroatoms. The van der Waals surface area contributed by atoms with Crippen LogP contribution < -0.4 is 0 Å². The summed E-state index contributed by atoms with van der Waals surface area (Å²) in [5.41, 5.74) is 0. The number of alkyl halides is 18. The molecule has 0 unspecified atom stereocenters. The van der Waals surface area contributed by atoms with Crippen molar-refractivity contribution in [2.24, 2.45) is 0 Å². The van der Waals surface area contributed by atoms with E-state index in [0.717, 1.165) is 6.92 Å². The van der Waals surface area contributed by atoms with Gasteiger partial charge >= 0.3 is 53.3 Å². The molecule has 0 aromatic heterocycles. The molecule has 0 aliphatic rings. The summed E-state index contributed by atoms with van der Waals surface area (Å²) in [6, 6.07) is 0. The molecule has 0 saturated carbocycles. The summed E-state index contributed by atoms with van der Waals surface area (Å²) in [4.78, 5) is 10.5. The molecule has 210 valence electrons. The minimum Gasteiger partial charge on any atom is -0.373 e. The molecule has 0 aromatic rings. The van der Waals surface area contributed by atoms with Crippen LogP contribution in [-0.4, -0.2) is 72.3 Å². The monoisotopic (exact) mass is 566 g/mol. The summed E-state index contributed by atoms with van der Waals surface area (Å²) in [6.45, 7) is -3.54. The summed E-state index contributed by atoms with van der Waals surface area (Å²) >= 11 is 0. The number of carbonyl (C=O) groups is 1. The Balaban J connectivity index is 6.56. The molecule has 0 radical (unpaired) electrons. The van der Waals surface area contributed by atoms with E-state index in [1.165, 1.54) is 0 Å². The molecule has 2 nitrogen and oxygen atoms in total. The molecule has 0 N–H and O–H groups in total. The minimum absolute atomic E-state index is 0.720. The second-order valence-electron chi connectivity index (χ2n) is 7.12. The standard InChI is InChI=1S/C15H12F18O2/c1-6(34)5-35-4-3-8(18,19)10(22,23)12(26,27)14(30,31)15(32,33)13(28,29)11(24,25)9(20,21)7(2,16)17/h3-5H2,1-2H3. The highest BCUT2D eigenvalue weighted by Gasteiger charge is 2.95. The maximum absolute atomic E-state index is 13.6. The van der Waals surface area contributed by atoms with E-state index in [1.807, 2.05) is 0 Å². The van der Waals surface area contributed by atoms with Gasteiger partial charge in [-0.25, -0.2) is 0 Å². The van der Waals surface area contributed by atoms with Crippen molar-refractivity contribution in [1.82, 2.24) is 0 Å². The van der Waals surface area contributed by atoms with Gasteiger partial charge in [0.05, 0.1) is 6.61 Å². The Kier molecular flexibility index (Phi) is 8.62. The maximum Gasteiger partial charge on any atom is 0.385 e. The van der Waals surface area contributed by atoms with Crippen LogP contribution in [0, 0.1) is 0 Å². The van der Waals surface area contributed by atoms with Gasteiger partial charge in [-0.15, -0.1) is 0 Å². The second-order valence-corrected chi connectivity index (χ2v) is 7.12. The molecule has 0 saturated heterocycles. The Morgan fingerprint density at radius 2 is 0.829 bits per heavy atom. The van der Waals surface area contributed by atoms with E-state index in [2.05, 4.69) is 4.74 Å². The van der Waals surface area contributed by atoms with Gasteiger partial charge in [0.1, 0.15) is 6.61 Å². The van der Waals surface area contributed by atoms with E-state index >= 15 is 0 Å². The zero-order chi connectivity index (χ0) is 28.9. The number of ether oxygens (including phenoxy) is 1. The van der Waals surface area contributed by atoms with Crippen molar-refractivity contribution < 1.29 is 88.6 Å². The van der Waals surface area contributed by atoms with Gasteiger partial charge in [0.15, 0.2) is 5.78 Å². The lowest BCUT2D eigenvalue weighted by Crippen LogP contribution is -2.75. The Bertz CT molecular complexity index is 766. The summed E-state index contributed by atoms with van der Waals surface area (Å²) < 4.78 is 244. The van der Waals surface area contributed by atoms with E-state index in [0.29, 0.717) is 0 Å². The van der Waals surface area contributed by atoms with Gasteiger partial charge in [-0.1, -0.05) is 0 Å². The van der Waals surface area contributed by atoms with Crippen molar-refractivity contribution in [3.63, 3.8) is 0 Å². The highest BCUT2D eigenvalue weighted by molar-refractivity contribution is 5.76. The van der Waals surface area contributed by atoms with Crippen LogP contribution in [-0.2, 0) is 9.53 Å². The van der Waals surface area contributed by atoms with Crippen molar-refractivity contribution in [1.29, 1.82) is 0 Å². The molecule has 0 amide bonds. The minimum atomic E-state index is -8.77. The first-order chi connectivity index (χ1) is 14.9. The Labute approximate surface area is 182 Å². The molecule has 0 atom stereocenters. The van der Waals surface area contributed by atoms with Crippen molar-refractivity contribution >= 4 is 5.78 Å². The van der Waals surface area contributed by atoms with Gasteiger partial charge in [-0.3, -0.25) is 4.79 Å². The van der Waals surface area contributed by atoms with E-state index in [1.54, 1.807) is 0 Å². The van der Waals surface area contributed by atoms with Crippen LogP contribution in [0.1, 0.15) is 20.3 Å². The predicted molar refractivity (Wildman–Crippen MR) is 76.3 cm³/mol. The highest BCUT2D eigenvalue weighted by atomic mass is 19.4. The van der Waals surface area contributed by atoms with Crippen LogP contribution >= 0.6 is 0 Å². The van der Waals surface area contributed by atoms with Gasteiger partial charge in [-0.2, -0.15) is 79.0 Å². The van der Waals surface area contributed by atoms with Gasteiger partial charge in [0, 0.05) is 13.3 Å². The number of Topliss-reactive ketones (excluding diaryl/α,β-unsaturated/α-hetero) is 1. The van der Waals surface area contributed by atoms with Crippen LogP contribution in [0.25, 0.3) is 0 Å². The first-order valence-corrected chi connectivity index (χ1v) is 8.39. The fraction of sp³-hybridized carbons (Fsp3) is 0.933. The molecule has 0 aromatic carbocycles. The van der Waals surface area contributed by atoms with E-state index < -0.39 is 85.6 Å². The summed E-state index contributed by atoms with van der Waals surface area (Å²) in [7, 11) is 0. The van der Waals surface area contributed by atoms with E-state index in [-0.39, 0.29) is 0 Å². The maximum atomic E-state index is 13.6. The zero-order valence-corrected chi connectivity index (χ0v) is 16.7. The van der Waals surface area contributed by atoms with E-state index in [4.69, 9.17) is 0 Å². The lowest BCUT2D eigenvalue weighted by molar-refractivity contribution is -0.461. The van der Waals surface area contributed by atoms with Gasteiger partial charge in [0.25, 0.3) is 0 Å². The van der Waals surface area contributed by atoms with Gasteiger partial charge in [-0.05, 0) is 6.92 Å². The molecule has 0 bridgehead atoms. The van der Waals surface area contributed by atoms with Gasteiger partial charge in [0.2, 0.25) is 0 Å². The zero-order valence-electron chi connectivity index (χ0n) is 16.7. The summed E-state index contributed by atoms with van der Waals surface area (Å²) in [6.07, 6.45) is -2.77. The van der Waals surface area contributed by atoms with Crippen LogP contribution in [0.4, 0.5) is 79.0 Å². The average molecular weight is 566 g/mol. The number of ketones is 1. The number of rotatable bonds is 13. The van der Waals surface area contributed by atoms with E-state index in [9.17, 15) is 83.8 Å². The number of hydrogen-bond acceptors (Lipinski definition) is 2. The highest BCUT2D eigenvalue weighted by Crippen LogP contribution is 2.65. The number of halogens is 18. The lowest BCUT2D eigenvalue weighted by Gasteiger charge is -2.44. The predicted octanol–water partition coefficient (Wildman–Crippen LogP) is 6.72. The SMILES string of the molecule is CC(=O)COCCC(F)(F)C(F)(F)C(F)(F)C(F)(F)C(F)(F)C(F)(F)C(F)(F)C(F)(F)C(C)(F)F. The molecular weight excluding hydrogens is 554 g/mol. The summed E-state index contributed by atoms with van der Waals surface area (Å²) in [5.74, 6) is -72.3. The Morgan fingerprint density at radius 1 is 0.543 bits per heavy atom. The molecule has 35 heavy (non-hydrogen) atoms. The quantitative estimate of drug-likeness (QED) is 0.183. The topological polar surface area (TPSA) is 26.3 Å². The lowest BCUT2D eigenvalue weighted by atomic mass is 9.86. The molecule has 0 aliphatic carbocycles. The molecular formula is C15H12F18O2. The van der Waals surface area contributed by atoms with Crippen molar-refractivity contribution in [2.45, 2.75) is 73.6 Å². The number of hydrogen-bond donors (Lipinski definition) is 0. The first kappa shape index (κ1) is 33.4. The molecule has 0 fully saturated rings. The molecule has 0 rings (SSSR count). The fourth-order valence-corrected chi connectivity index (χ4v) is 2.06.